The highest BCUT2D eigenvalue weighted by Gasteiger charge is 2.63. The summed E-state index contributed by atoms with van der Waals surface area (Å²) in [6.07, 6.45) is 5.45. The van der Waals surface area contributed by atoms with Crippen molar-refractivity contribution >= 4 is 30.1 Å². The van der Waals surface area contributed by atoms with Gasteiger partial charge in [-0.3, -0.25) is 29.8 Å². The highest BCUT2D eigenvalue weighted by Crippen LogP contribution is 2.59. The van der Waals surface area contributed by atoms with Gasteiger partial charge in [-0.15, -0.1) is 12.4 Å². The lowest BCUT2D eigenvalue weighted by Gasteiger charge is -2.62. The number of hydroxylamine groups is 1. The minimum atomic E-state index is -0.734. The first-order valence-corrected chi connectivity index (χ1v) is 8.07. The van der Waals surface area contributed by atoms with E-state index in [1.54, 1.807) is 0 Å². The molecule has 0 unspecified atom stereocenters. The molecule has 128 valence electrons. The Balaban J connectivity index is 0.00000156. The van der Waals surface area contributed by atoms with E-state index in [1.807, 2.05) is 0 Å². The second kappa shape index (κ2) is 5.72. The lowest BCUT2D eigenvalue weighted by molar-refractivity contribution is -0.171. The van der Waals surface area contributed by atoms with Crippen molar-refractivity contribution in [2.45, 2.75) is 37.6 Å². The fourth-order valence-electron chi connectivity index (χ4n) is 5.63. The van der Waals surface area contributed by atoms with E-state index in [1.165, 1.54) is 11.9 Å². The average molecular weight is 344 g/mol. The molecular formula is C15H22ClN3O4. The van der Waals surface area contributed by atoms with E-state index in [0.717, 1.165) is 42.4 Å². The maximum atomic E-state index is 13.1. The number of rotatable bonds is 2. The van der Waals surface area contributed by atoms with Crippen LogP contribution in [0.3, 0.4) is 0 Å². The molecule has 0 atom stereocenters. The summed E-state index contributed by atoms with van der Waals surface area (Å²) < 4.78 is 0. The molecule has 1 heterocycles. The van der Waals surface area contributed by atoms with Crippen molar-refractivity contribution in [3.8, 4) is 0 Å². The Morgan fingerprint density at radius 1 is 1.17 bits per heavy atom. The standard InChI is InChI=1S/C15H21N3O4.ClH/c19-12(17-22)7-18-13(20)6-16-15(14(18)21)10-2-8-1-9(4-10)5-11(15)3-8;/h8-11,16,22H,1-7H2,(H,17,19);1H. The molecule has 0 aromatic carbocycles. The molecule has 8 heteroatoms. The van der Waals surface area contributed by atoms with Crippen molar-refractivity contribution < 1.29 is 19.6 Å². The maximum absolute atomic E-state index is 13.1. The summed E-state index contributed by atoms with van der Waals surface area (Å²) >= 11 is 0. The van der Waals surface area contributed by atoms with Gasteiger partial charge in [-0.05, 0) is 55.8 Å². The number of nitrogens with zero attached hydrogens (tertiary/aromatic N) is 1. The number of halogens is 1. The molecule has 23 heavy (non-hydrogen) atoms. The summed E-state index contributed by atoms with van der Waals surface area (Å²) in [5.41, 5.74) is 0.834. The molecule has 0 aromatic rings. The predicted octanol–water partition coefficient (Wildman–Crippen LogP) is 0.0669. The summed E-state index contributed by atoms with van der Waals surface area (Å²) in [6.45, 7) is -0.309. The lowest BCUT2D eigenvalue weighted by Crippen LogP contribution is -2.76. The van der Waals surface area contributed by atoms with Crippen molar-refractivity contribution in [2.75, 3.05) is 13.1 Å². The summed E-state index contributed by atoms with van der Waals surface area (Å²) in [5, 5.41) is 11.9. The molecule has 1 saturated heterocycles. The molecule has 4 saturated carbocycles. The van der Waals surface area contributed by atoms with E-state index >= 15 is 0 Å². The van der Waals surface area contributed by atoms with E-state index in [2.05, 4.69) is 5.32 Å². The van der Waals surface area contributed by atoms with E-state index in [0.29, 0.717) is 0 Å². The van der Waals surface area contributed by atoms with Crippen LogP contribution in [0, 0.1) is 23.7 Å². The van der Waals surface area contributed by atoms with Crippen molar-refractivity contribution in [3.05, 3.63) is 0 Å². The van der Waals surface area contributed by atoms with Gasteiger partial charge >= 0.3 is 0 Å². The summed E-state index contributed by atoms with van der Waals surface area (Å²) in [7, 11) is 0. The zero-order valence-electron chi connectivity index (χ0n) is 12.8. The average Bonchev–Trinajstić information content (AvgIpc) is 2.49. The van der Waals surface area contributed by atoms with Crippen LogP contribution in [0.2, 0.25) is 0 Å². The Bertz CT molecular complexity index is 525. The number of carbonyl (C=O) groups excluding carboxylic acids is 3. The highest BCUT2D eigenvalue weighted by molar-refractivity contribution is 6.06. The third-order valence-electron chi connectivity index (χ3n) is 6.28. The fourth-order valence-corrected chi connectivity index (χ4v) is 5.63. The third kappa shape index (κ3) is 2.28. The Morgan fingerprint density at radius 3 is 2.26 bits per heavy atom. The molecule has 1 aliphatic heterocycles. The van der Waals surface area contributed by atoms with Crippen LogP contribution in [0.1, 0.15) is 32.1 Å². The molecule has 0 radical (unpaired) electrons. The normalized spacial score (nSPS) is 41.2. The van der Waals surface area contributed by atoms with Gasteiger partial charge in [0.2, 0.25) is 5.91 Å². The molecule has 7 nitrogen and oxygen atoms in total. The van der Waals surface area contributed by atoms with Crippen LogP contribution >= 0.6 is 12.4 Å². The molecule has 1 spiro atoms. The number of amides is 3. The number of hydrogen-bond acceptors (Lipinski definition) is 5. The van der Waals surface area contributed by atoms with Gasteiger partial charge in [0, 0.05) is 0 Å². The topological polar surface area (TPSA) is 98.7 Å². The number of nitrogens with one attached hydrogen (secondary N) is 2. The van der Waals surface area contributed by atoms with Crippen LogP contribution in [0.4, 0.5) is 0 Å². The molecule has 0 aromatic heterocycles. The van der Waals surface area contributed by atoms with Crippen molar-refractivity contribution in [3.63, 3.8) is 0 Å². The number of hydrogen-bond donors (Lipinski definition) is 3. The maximum Gasteiger partial charge on any atom is 0.263 e. The van der Waals surface area contributed by atoms with Gasteiger partial charge in [-0.2, -0.15) is 0 Å². The van der Waals surface area contributed by atoms with Gasteiger partial charge < -0.3 is 0 Å². The zero-order chi connectivity index (χ0) is 15.5. The van der Waals surface area contributed by atoms with Gasteiger partial charge in [0.1, 0.15) is 12.1 Å². The molecule has 5 fully saturated rings. The Labute approximate surface area is 140 Å². The predicted molar refractivity (Wildman–Crippen MR) is 81.7 cm³/mol. The van der Waals surface area contributed by atoms with Gasteiger partial charge in [0.15, 0.2) is 0 Å². The van der Waals surface area contributed by atoms with Crippen LogP contribution in [-0.2, 0) is 14.4 Å². The second-order valence-corrected chi connectivity index (χ2v) is 7.35. The van der Waals surface area contributed by atoms with Crippen molar-refractivity contribution in [1.82, 2.24) is 15.7 Å². The Hall–Kier alpha value is -1.18. The SMILES string of the molecule is Cl.O=C(CN1C(=O)CNC2(C1=O)C1CC3CC(C1)CC2C3)NO. The number of carbonyl (C=O) groups is 3. The zero-order valence-corrected chi connectivity index (χ0v) is 13.6. The second-order valence-electron chi connectivity index (χ2n) is 7.35. The van der Waals surface area contributed by atoms with Crippen molar-refractivity contribution in [2.24, 2.45) is 23.7 Å². The Morgan fingerprint density at radius 2 is 1.74 bits per heavy atom. The van der Waals surface area contributed by atoms with E-state index in [4.69, 9.17) is 5.21 Å². The number of piperazine rings is 1. The first-order chi connectivity index (χ1) is 10.5. The van der Waals surface area contributed by atoms with Gasteiger partial charge in [0.05, 0.1) is 6.54 Å². The van der Waals surface area contributed by atoms with Crippen LogP contribution < -0.4 is 10.8 Å². The molecule has 5 rings (SSSR count). The number of imide groups is 1. The molecule has 5 aliphatic rings. The summed E-state index contributed by atoms with van der Waals surface area (Å²) in [6, 6.07) is 0. The minimum Gasteiger partial charge on any atom is -0.294 e. The monoisotopic (exact) mass is 343 g/mol. The third-order valence-corrected chi connectivity index (χ3v) is 6.28. The van der Waals surface area contributed by atoms with Crippen LogP contribution in [0.5, 0.6) is 0 Å². The lowest BCUT2D eigenvalue weighted by atomic mass is 9.48. The van der Waals surface area contributed by atoms with E-state index in [9.17, 15) is 14.4 Å². The fraction of sp³-hybridized carbons (Fsp3) is 0.800. The largest absolute Gasteiger partial charge is 0.294 e. The van der Waals surface area contributed by atoms with Crippen molar-refractivity contribution in [1.29, 1.82) is 0 Å². The quantitative estimate of drug-likeness (QED) is 0.374. The Kier molecular flexibility index (Phi) is 4.14. The van der Waals surface area contributed by atoms with Crippen LogP contribution in [0.25, 0.3) is 0 Å². The van der Waals surface area contributed by atoms with Gasteiger partial charge in [-0.25, -0.2) is 5.48 Å². The van der Waals surface area contributed by atoms with Gasteiger partial charge in [-0.1, -0.05) is 0 Å². The smallest absolute Gasteiger partial charge is 0.263 e. The van der Waals surface area contributed by atoms with Crippen LogP contribution in [0.15, 0.2) is 0 Å². The summed E-state index contributed by atoms with van der Waals surface area (Å²) in [4.78, 5) is 37.6. The minimum absolute atomic E-state index is 0. The van der Waals surface area contributed by atoms with Gasteiger partial charge in [0.25, 0.3) is 11.8 Å². The molecule has 3 amide bonds. The first-order valence-electron chi connectivity index (χ1n) is 8.07. The van der Waals surface area contributed by atoms with E-state index < -0.39 is 23.9 Å². The molecule has 4 bridgehead atoms. The first kappa shape index (κ1) is 16.7. The van der Waals surface area contributed by atoms with E-state index in [-0.39, 0.29) is 36.7 Å². The van der Waals surface area contributed by atoms with Crippen LogP contribution in [-0.4, -0.2) is 46.5 Å². The molecule has 3 N–H and O–H groups in total. The molecule has 4 aliphatic carbocycles. The summed E-state index contributed by atoms with van der Waals surface area (Å²) in [5.74, 6) is 0.578. The molecular weight excluding hydrogens is 322 g/mol. The highest BCUT2D eigenvalue weighted by atomic mass is 35.5.